The molecule has 0 aliphatic rings. The van der Waals surface area contributed by atoms with E-state index in [2.05, 4.69) is 19.9 Å². The zero-order valence-corrected chi connectivity index (χ0v) is 17.5. The number of aromatic nitrogens is 3. The molecule has 0 atom stereocenters. The van der Waals surface area contributed by atoms with Crippen molar-refractivity contribution in [3.05, 3.63) is 63.6 Å². The maximum Gasteiger partial charge on any atom is 0.261 e. The minimum absolute atomic E-state index is 0.0188. The summed E-state index contributed by atoms with van der Waals surface area (Å²) in [4.78, 5) is 4.45. The number of rotatable bonds is 4. The van der Waals surface area contributed by atoms with Crippen LogP contribution in [0.5, 0.6) is 0 Å². The molecule has 148 valence electrons. The van der Waals surface area contributed by atoms with Gasteiger partial charge in [0.25, 0.3) is 10.0 Å². The highest BCUT2D eigenvalue weighted by Gasteiger charge is 2.17. The predicted octanol–water partition coefficient (Wildman–Crippen LogP) is 4.97. The lowest BCUT2D eigenvalue weighted by Crippen LogP contribution is -2.13. The Hall–Kier alpha value is -2.52. The molecular formula is C18H12Cl3N5O2S. The highest BCUT2D eigenvalue weighted by molar-refractivity contribution is 7.92. The van der Waals surface area contributed by atoms with Gasteiger partial charge in [0.05, 0.1) is 36.9 Å². The van der Waals surface area contributed by atoms with Gasteiger partial charge in [0.1, 0.15) is 5.52 Å². The molecule has 2 aromatic heterocycles. The Bertz CT molecular complexity index is 1360. The Morgan fingerprint density at radius 2 is 1.72 bits per heavy atom. The van der Waals surface area contributed by atoms with Gasteiger partial charge in [0.2, 0.25) is 0 Å². The zero-order chi connectivity index (χ0) is 20.8. The molecule has 4 rings (SSSR count). The van der Waals surface area contributed by atoms with E-state index in [1.807, 2.05) is 0 Å². The summed E-state index contributed by atoms with van der Waals surface area (Å²) in [5.74, 6) is 0.281. The topological polar surface area (TPSA) is 114 Å². The number of halogens is 3. The molecule has 29 heavy (non-hydrogen) atoms. The summed E-state index contributed by atoms with van der Waals surface area (Å²) in [5.41, 5.74) is 8.51. The van der Waals surface area contributed by atoms with Gasteiger partial charge in [-0.1, -0.05) is 34.8 Å². The number of nitrogen functional groups attached to an aromatic ring is 1. The smallest absolute Gasteiger partial charge is 0.261 e. The van der Waals surface area contributed by atoms with E-state index in [1.165, 1.54) is 24.3 Å². The van der Waals surface area contributed by atoms with Crippen LogP contribution in [0.2, 0.25) is 15.1 Å². The number of nitrogens with one attached hydrogen (secondary N) is 2. The second-order valence-electron chi connectivity index (χ2n) is 6.08. The molecular weight excluding hydrogens is 457 g/mol. The number of aromatic amines is 1. The summed E-state index contributed by atoms with van der Waals surface area (Å²) in [7, 11) is -3.87. The molecule has 11 heteroatoms. The Labute approximate surface area is 180 Å². The van der Waals surface area contributed by atoms with Crippen LogP contribution in [-0.4, -0.2) is 23.6 Å². The van der Waals surface area contributed by atoms with E-state index in [0.29, 0.717) is 27.3 Å². The number of nitrogens with two attached hydrogens (primary N) is 1. The van der Waals surface area contributed by atoms with Gasteiger partial charge in [0, 0.05) is 5.56 Å². The summed E-state index contributed by atoms with van der Waals surface area (Å²) in [6, 6.07) is 12.4. The lowest BCUT2D eigenvalue weighted by molar-refractivity contribution is 0.601. The van der Waals surface area contributed by atoms with Crippen LogP contribution in [0.4, 0.5) is 11.5 Å². The lowest BCUT2D eigenvalue weighted by atomic mass is 10.1. The average molecular weight is 469 g/mol. The first-order valence-electron chi connectivity index (χ1n) is 8.13. The fraction of sp³-hybridized carbons (Fsp3) is 0. The number of benzene rings is 2. The van der Waals surface area contributed by atoms with Gasteiger partial charge in [-0.15, -0.1) is 0 Å². The number of sulfonamides is 1. The lowest BCUT2D eigenvalue weighted by Gasteiger charge is -2.11. The summed E-state index contributed by atoms with van der Waals surface area (Å²) in [6.07, 6.45) is 0. The van der Waals surface area contributed by atoms with E-state index in [4.69, 9.17) is 40.5 Å². The van der Waals surface area contributed by atoms with Gasteiger partial charge in [-0.05, 0) is 48.5 Å². The first-order valence-corrected chi connectivity index (χ1v) is 10.7. The monoisotopic (exact) mass is 467 g/mol. The minimum atomic E-state index is -3.87. The number of fused-ring (bicyclic) bond motifs is 1. The SMILES string of the molecule is Nc1n[nH]c2ccc(-c3ccc(NS(=O)(=O)c4ccc(Cl)c(Cl)c4)cc3Cl)nc12. The second-order valence-corrected chi connectivity index (χ2v) is 8.98. The quantitative estimate of drug-likeness (QED) is 0.391. The van der Waals surface area contributed by atoms with Crippen LogP contribution in [0.25, 0.3) is 22.3 Å². The highest BCUT2D eigenvalue weighted by Crippen LogP contribution is 2.32. The molecule has 0 unspecified atom stereocenters. The molecule has 4 aromatic rings. The number of hydrogen-bond donors (Lipinski definition) is 3. The predicted molar refractivity (Wildman–Crippen MR) is 116 cm³/mol. The fourth-order valence-corrected chi connectivity index (χ4v) is 4.43. The molecule has 0 radical (unpaired) electrons. The van der Waals surface area contributed by atoms with Crippen molar-refractivity contribution in [1.29, 1.82) is 0 Å². The van der Waals surface area contributed by atoms with Crippen LogP contribution in [0.15, 0.2) is 53.4 Å². The maximum absolute atomic E-state index is 12.6. The molecule has 0 bridgehead atoms. The Kier molecular flexibility index (Phi) is 5.04. The van der Waals surface area contributed by atoms with Gasteiger partial charge in [-0.2, -0.15) is 5.10 Å². The standard InChI is InChI=1S/C18H12Cl3N5O2S/c19-12-4-2-10(8-14(12)21)29(27,28)26-9-1-3-11(13(20)7-9)15-5-6-16-17(23-15)18(22)25-24-16/h1-8,26H,(H3,22,24,25). The fourth-order valence-electron chi connectivity index (χ4n) is 2.71. The van der Waals surface area contributed by atoms with E-state index in [0.717, 1.165) is 0 Å². The Morgan fingerprint density at radius 3 is 2.45 bits per heavy atom. The number of hydrogen-bond acceptors (Lipinski definition) is 5. The second kappa shape index (κ2) is 7.38. The molecule has 0 saturated carbocycles. The van der Waals surface area contributed by atoms with E-state index in [-0.39, 0.29) is 26.4 Å². The first-order chi connectivity index (χ1) is 13.7. The van der Waals surface area contributed by atoms with Gasteiger partial charge in [-0.3, -0.25) is 9.82 Å². The van der Waals surface area contributed by atoms with E-state index in [9.17, 15) is 8.42 Å². The van der Waals surface area contributed by atoms with Crippen LogP contribution in [-0.2, 0) is 10.0 Å². The van der Waals surface area contributed by atoms with Crippen LogP contribution >= 0.6 is 34.8 Å². The number of H-pyrrole nitrogens is 1. The first kappa shape index (κ1) is 19.8. The summed E-state index contributed by atoms with van der Waals surface area (Å²) < 4.78 is 27.7. The third kappa shape index (κ3) is 3.84. The average Bonchev–Trinajstić information content (AvgIpc) is 3.04. The van der Waals surface area contributed by atoms with Gasteiger partial charge in [-0.25, -0.2) is 13.4 Å². The third-order valence-electron chi connectivity index (χ3n) is 4.13. The van der Waals surface area contributed by atoms with Crippen molar-refractivity contribution in [2.24, 2.45) is 0 Å². The van der Waals surface area contributed by atoms with Crippen molar-refractivity contribution in [1.82, 2.24) is 15.2 Å². The van der Waals surface area contributed by atoms with Crippen molar-refractivity contribution < 1.29 is 8.42 Å². The molecule has 0 fully saturated rings. The van der Waals surface area contributed by atoms with Crippen molar-refractivity contribution in [2.75, 3.05) is 10.5 Å². The Morgan fingerprint density at radius 1 is 0.931 bits per heavy atom. The summed E-state index contributed by atoms with van der Waals surface area (Å²) >= 11 is 18.1. The van der Waals surface area contributed by atoms with Crippen molar-refractivity contribution >= 4 is 67.4 Å². The summed E-state index contributed by atoms with van der Waals surface area (Å²) in [5, 5.41) is 7.40. The van der Waals surface area contributed by atoms with Crippen molar-refractivity contribution in [3.8, 4) is 11.3 Å². The van der Waals surface area contributed by atoms with Gasteiger partial charge < -0.3 is 5.73 Å². The van der Waals surface area contributed by atoms with Gasteiger partial charge >= 0.3 is 0 Å². The Balaban J connectivity index is 1.65. The van der Waals surface area contributed by atoms with Crippen LogP contribution < -0.4 is 10.5 Å². The van der Waals surface area contributed by atoms with Crippen molar-refractivity contribution in [3.63, 3.8) is 0 Å². The van der Waals surface area contributed by atoms with Gasteiger partial charge in [0.15, 0.2) is 5.82 Å². The maximum atomic E-state index is 12.6. The molecule has 0 saturated heterocycles. The minimum Gasteiger partial charge on any atom is -0.380 e. The molecule has 0 aliphatic heterocycles. The molecule has 0 amide bonds. The number of nitrogens with zero attached hydrogens (tertiary/aromatic N) is 2. The molecule has 0 spiro atoms. The molecule has 7 nitrogen and oxygen atoms in total. The van der Waals surface area contributed by atoms with E-state index in [1.54, 1.807) is 24.3 Å². The van der Waals surface area contributed by atoms with Crippen LogP contribution in [0, 0.1) is 0 Å². The van der Waals surface area contributed by atoms with E-state index >= 15 is 0 Å². The summed E-state index contributed by atoms with van der Waals surface area (Å²) in [6.45, 7) is 0. The van der Waals surface area contributed by atoms with Crippen molar-refractivity contribution in [2.45, 2.75) is 4.90 Å². The molecule has 4 N–H and O–H groups in total. The normalized spacial score (nSPS) is 11.7. The third-order valence-corrected chi connectivity index (χ3v) is 6.56. The van der Waals surface area contributed by atoms with Crippen LogP contribution in [0.3, 0.4) is 0 Å². The zero-order valence-electron chi connectivity index (χ0n) is 14.4. The molecule has 2 aromatic carbocycles. The number of anilines is 2. The molecule has 0 aliphatic carbocycles. The van der Waals surface area contributed by atoms with E-state index < -0.39 is 10.0 Å². The number of pyridine rings is 1. The largest absolute Gasteiger partial charge is 0.380 e. The molecule has 2 heterocycles. The highest BCUT2D eigenvalue weighted by atomic mass is 35.5. The van der Waals surface area contributed by atoms with Crippen LogP contribution in [0.1, 0.15) is 0 Å².